The van der Waals surface area contributed by atoms with E-state index in [0.29, 0.717) is 0 Å². The minimum Gasteiger partial charge on any atom is -0.455 e. The number of hydrogen-bond donors (Lipinski definition) is 0. The fourth-order valence-electron chi connectivity index (χ4n) is 8.15. The van der Waals surface area contributed by atoms with Crippen molar-refractivity contribution in [2.45, 2.75) is 0 Å². The van der Waals surface area contributed by atoms with Crippen LogP contribution in [0.1, 0.15) is 0 Å². The van der Waals surface area contributed by atoms with Crippen LogP contribution in [0.3, 0.4) is 0 Å². The maximum Gasteiger partial charge on any atom is 0.143 e. The van der Waals surface area contributed by atoms with E-state index in [-0.39, 0.29) is 0 Å². The first-order valence-corrected chi connectivity index (χ1v) is 17.9. The first-order valence-electron chi connectivity index (χ1n) is 17.1. The lowest BCUT2D eigenvalue weighted by atomic mass is 9.86. The van der Waals surface area contributed by atoms with E-state index in [4.69, 9.17) is 4.42 Å². The normalized spacial score (nSPS) is 12.0. The van der Waals surface area contributed by atoms with Gasteiger partial charge in [0.15, 0.2) is 0 Å². The summed E-state index contributed by atoms with van der Waals surface area (Å²) in [6, 6.07) is 62.0. The molecule has 50 heavy (non-hydrogen) atoms. The Bertz CT molecular complexity index is 3090. The molecule has 0 aliphatic carbocycles. The van der Waals surface area contributed by atoms with E-state index in [1.165, 1.54) is 80.5 Å². The van der Waals surface area contributed by atoms with Gasteiger partial charge >= 0.3 is 0 Å². The molecule has 9 aromatic carbocycles. The Morgan fingerprint density at radius 1 is 0.320 bits per heavy atom. The zero-order valence-electron chi connectivity index (χ0n) is 27.0. The first-order chi connectivity index (χ1) is 24.8. The van der Waals surface area contributed by atoms with Crippen molar-refractivity contribution in [3.8, 4) is 33.4 Å². The maximum absolute atomic E-state index is 6.40. The average Bonchev–Trinajstić information content (AvgIpc) is 3.74. The van der Waals surface area contributed by atoms with Crippen LogP contribution in [0.2, 0.25) is 0 Å². The maximum atomic E-state index is 6.40. The molecule has 0 saturated carbocycles. The van der Waals surface area contributed by atoms with Gasteiger partial charge in [-0.1, -0.05) is 140 Å². The van der Waals surface area contributed by atoms with Gasteiger partial charge < -0.3 is 4.42 Å². The Morgan fingerprint density at radius 3 is 1.54 bits per heavy atom. The van der Waals surface area contributed by atoms with E-state index in [1.807, 2.05) is 11.3 Å². The Balaban J connectivity index is 1.07. The molecule has 0 saturated heterocycles. The van der Waals surface area contributed by atoms with Crippen LogP contribution in [0.25, 0.3) is 108 Å². The second kappa shape index (κ2) is 10.6. The number of fused-ring (bicyclic) bond motifs is 10. The standard InChI is InChI=1S/C48H28OS/c1-2-11-30(12-3-1)46-37-14-6-8-16-39(37)47(40-17-9-7-15-38(40)46)33-20-23-36-35-22-19-32(27-44(35)50-45(36)28-33)31-21-25-43-42(26-31)41-24-18-29-10-4-5-13-34(29)48(41)49-43/h1-28H. The highest BCUT2D eigenvalue weighted by atomic mass is 32.1. The van der Waals surface area contributed by atoms with Gasteiger partial charge in [0.1, 0.15) is 11.2 Å². The van der Waals surface area contributed by atoms with E-state index in [0.717, 1.165) is 27.3 Å². The van der Waals surface area contributed by atoms with Crippen LogP contribution in [-0.4, -0.2) is 0 Å². The van der Waals surface area contributed by atoms with Crippen molar-refractivity contribution in [2.75, 3.05) is 0 Å². The number of furan rings is 1. The quantitative estimate of drug-likeness (QED) is 0.173. The molecule has 0 fully saturated rings. The smallest absolute Gasteiger partial charge is 0.143 e. The highest BCUT2D eigenvalue weighted by molar-refractivity contribution is 7.25. The molecular weight excluding hydrogens is 625 g/mol. The molecule has 0 atom stereocenters. The minimum absolute atomic E-state index is 0.924. The summed E-state index contributed by atoms with van der Waals surface area (Å²) >= 11 is 1.88. The van der Waals surface area contributed by atoms with Crippen molar-refractivity contribution in [3.05, 3.63) is 170 Å². The van der Waals surface area contributed by atoms with Gasteiger partial charge in [0.25, 0.3) is 0 Å². The number of rotatable bonds is 3. The highest BCUT2D eigenvalue weighted by Crippen LogP contribution is 2.46. The fraction of sp³-hybridized carbons (Fsp3) is 0. The van der Waals surface area contributed by atoms with Crippen LogP contribution >= 0.6 is 11.3 Å². The summed E-state index contributed by atoms with van der Waals surface area (Å²) in [7, 11) is 0. The summed E-state index contributed by atoms with van der Waals surface area (Å²) in [5.41, 5.74) is 9.39. The van der Waals surface area contributed by atoms with Gasteiger partial charge in [-0.05, 0) is 90.6 Å². The molecular formula is C48H28OS. The van der Waals surface area contributed by atoms with E-state index < -0.39 is 0 Å². The monoisotopic (exact) mass is 652 g/mol. The molecule has 2 aromatic heterocycles. The topological polar surface area (TPSA) is 13.1 Å². The summed E-state index contributed by atoms with van der Waals surface area (Å²) in [6.07, 6.45) is 0. The van der Waals surface area contributed by atoms with Crippen molar-refractivity contribution < 1.29 is 4.42 Å². The Morgan fingerprint density at radius 2 is 0.840 bits per heavy atom. The summed E-state index contributed by atoms with van der Waals surface area (Å²) in [5.74, 6) is 0. The molecule has 1 nitrogen and oxygen atoms in total. The van der Waals surface area contributed by atoms with E-state index >= 15 is 0 Å². The van der Waals surface area contributed by atoms with Gasteiger partial charge in [0.05, 0.1) is 0 Å². The van der Waals surface area contributed by atoms with E-state index in [9.17, 15) is 0 Å². The number of thiophene rings is 1. The third kappa shape index (κ3) is 4.06. The van der Waals surface area contributed by atoms with Crippen molar-refractivity contribution in [1.82, 2.24) is 0 Å². The van der Waals surface area contributed by atoms with Crippen molar-refractivity contribution in [3.63, 3.8) is 0 Å². The molecule has 0 unspecified atom stereocenters. The van der Waals surface area contributed by atoms with Crippen LogP contribution in [0, 0.1) is 0 Å². The Labute approximate surface area is 292 Å². The molecule has 11 rings (SSSR count). The largest absolute Gasteiger partial charge is 0.455 e. The van der Waals surface area contributed by atoms with Gasteiger partial charge in [0.2, 0.25) is 0 Å². The lowest BCUT2D eigenvalue weighted by Crippen LogP contribution is -1.90. The van der Waals surface area contributed by atoms with Crippen LogP contribution in [0.4, 0.5) is 0 Å². The molecule has 232 valence electrons. The van der Waals surface area contributed by atoms with E-state index in [1.54, 1.807) is 0 Å². The average molecular weight is 653 g/mol. The Kier molecular flexibility index (Phi) is 5.89. The zero-order chi connectivity index (χ0) is 32.8. The van der Waals surface area contributed by atoms with Gasteiger partial charge in [-0.15, -0.1) is 11.3 Å². The van der Waals surface area contributed by atoms with Crippen molar-refractivity contribution in [2.24, 2.45) is 0 Å². The van der Waals surface area contributed by atoms with Gasteiger partial charge in [-0.2, -0.15) is 0 Å². The van der Waals surface area contributed by atoms with Gasteiger partial charge in [-0.25, -0.2) is 0 Å². The molecule has 0 spiro atoms. The van der Waals surface area contributed by atoms with Gasteiger partial charge in [0, 0.05) is 36.3 Å². The molecule has 11 aromatic rings. The predicted molar refractivity (Wildman–Crippen MR) is 215 cm³/mol. The summed E-state index contributed by atoms with van der Waals surface area (Å²) < 4.78 is 9.00. The lowest BCUT2D eigenvalue weighted by molar-refractivity contribution is 0.672. The molecule has 2 heterocycles. The Hall–Kier alpha value is -6.22. The third-order valence-corrected chi connectivity index (χ3v) is 11.6. The SMILES string of the molecule is c1ccc(-c2c3ccccc3c(-c3ccc4c(c3)sc3cc(-c5ccc6oc7c8ccccc8ccc7c6c5)ccc34)c3ccccc23)cc1. The summed E-state index contributed by atoms with van der Waals surface area (Å²) in [4.78, 5) is 0. The highest BCUT2D eigenvalue weighted by Gasteiger charge is 2.18. The molecule has 0 radical (unpaired) electrons. The van der Waals surface area contributed by atoms with Crippen LogP contribution < -0.4 is 0 Å². The molecule has 2 heteroatoms. The molecule has 0 amide bonds. The summed E-state index contributed by atoms with van der Waals surface area (Å²) in [6.45, 7) is 0. The number of benzene rings is 9. The summed E-state index contributed by atoms with van der Waals surface area (Å²) in [5, 5.41) is 12.4. The minimum atomic E-state index is 0.924. The molecule has 0 N–H and O–H groups in total. The first kappa shape index (κ1) is 27.7. The molecule has 0 bridgehead atoms. The lowest BCUT2D eigenvalue weighted by Gasteiger charge is -2.17. The van der Waals surface area contributed by atoms with Crippen molar-refractivity contribution in [1.29, 1.82) is 0 Å². The van der Waals surface area contributed by atoms with Crippen LogP contribution in [-0.2, 0) is 0 Å². The third-order valence-electron chi connectivity index (χ3n) is 10.5. The fourth-order valence-corrected chi connectivity index (χ4v) is 9.34. The predicted octanol–water partition coefficient (Wildman–Crippen LogP) is 14.4. The zero-order valence-corrected chi connectivity index (χ0v) is 27.8. The van der Waals surface area contributed by atoms with Crippen LogP contribution in [0.15, 0.2) is 174 Å². The molecule has 0 aliphatic heterocycles. The van der Waals surface area contributed by atoms with E-state index in [2.05, 4.69) is 170 Å². The van der Waals surface area contributed by atoms with Crippen LogP contribution in [0.5, 0.6) is 0 Å². The second-order valence-electron chi connectivity index (χ2n) is 13.2. The van der Waals surface area contributed by atoms with Gasteiger partial charge in [-0.3, -0.25) is 0 Å². The molecule has 0 aliphatic rings. The van der Waals surface area contributed by atoms with Crippen molar-refractivity contribution >= 4 is 85.8 Å². The second-order valence-corrected chi connectivity index (χ2v) is 14.3. The number of hydrogen-bond acceptors (Lipinski definition) is 2.